The molecule has 0 spiro atoms. The van der Waals surface area contributed by atoms with Crippen molar-refractivity contribution in [1.29, 1.82) is 0 Å². The van der Waals surface area contributed by atoms with Crippen LogP contribution in [-0.4, -0.2) is 34.1 Å². The summed E-state index contributed by atoms with van der Waals surface area (Å²) >= 11 is 1.41. The molecular weight excluding hydrogens is 378 g/mol. The number of aromatic nitrogens is 3. The molecule has 3 aromatic heterocycles. The fourth-order valence-corrected chi connectivity index (χ4v) is 3.64. The number of nitrogens with zero attached hydrogens (tertiary/aromatic N) is 2. The van der Waals surface area contributed by atoms with E-state index in [0.29, 0.717) is 16.5 Å². The molecule has 0 bridgehead atoms. The number of fused-ring (bicyclic) bond motifs is 3. The third kappa shape index (κ3) is 3.32. The number of H-pyrrole nitrogens is 1. The van der Waals surface area contributed by atoms with E-state index in [0.717, 1.165) is 21.8 Å². The minimum absolute atomic E-state index is 0.214. The van der Waals surface area contributed by atoms with Crippen LogP contribution in [0.4, 0.5) is 0 Å². The van der Waals surface area contributed by atoms with Gasteiger partial charge in [-0.25, -0.2) is 14.8 Å². The van der Waals surface area contributed by atoms with Crippen molar-refractivity contribution in [1.82, 2.24) is 15.0 Å². The van der Waals surface area contributed by atoms with E-state index < -0.39 is 5.97 Å². The molecule has 0 atom stereocenters. The first kappa shape index (κ1) is 18.4. The first-order chi connectivity index (χ1) is 13.6. The summed E-state index contributed by atoms with van der Waals surface area (Å²) in [6, 6.07) is 5.73. The van der Waals surface area contributed by atoms with Gasteiger partial charge < -0.3 is 19.2 Å². The SMILES string of the molecule is COCc1c(C(=O)OC(C)C)ncc2[nH]c3cccc(Oc4nccs4)c3c12. The Kier molecular flexibility index (Phi) is 4.97. The maximum Gasteiger partial charge on any atom is 0.357 e. The van der Waals surface area contributed by atoms with Gasteiger partial charge in [0.15, 0.2) is 5.69 Å². The molecule has 0 aliphatic heterocycles. The van der Waals surface area contributed by atoms with Gasteiger partial charge in [0.25, 0.3) is 5.19 Å². The standard InChI is InChI=1S/C20H19N3O4S/c1-11(2)26-19(24)18-12(10-25-3)16-14(9-22-18)23-13-5-4-6-15(17(13)16)27-20-21-7-8-28-20/h4-9,11,23H,10H2,1-3H3. The molecule has 4 aromatic rings. The number of hydrogen-bond acceptors (Lipinski definition) is 7. The van der Waals surface area contributed by atoms with Crippen LogP contribution in [0.15, 0.2) is 36.0 Å². The van der Waals surface area contributed by atoms with Gasteiger partial charge in [-0.15, -0.1) is 0 Å². The number of nitrogens with one attached hydrogen (secondary N) is 1. The van der Waals surface area contributed by atoms with Crippen LogP contribution in [0, 0.1) is 0 Å². The highest BCUT2D eigenvalue weighted by Crippen LogP contribution is 2.38. The average molecular weight is 397 g/mol. The van der Waals surface area contributed by atoms with Crippen LogP contribution < -0.4 is 4.74 Å². The molecule has 7 nitrogen and oxygen atoms in total. The number of pyridine rings is 1. The Morgan fingerprint density at radius 1 is 1.21 bits per heavy atom. The summed E-state index contributed by atoms with van der Waals surface area (Å²) in [5, 5.41) is 4.07. The first-order valence-electron chi connectivity index (χ1n) is 8.78. The van der Waals surface area contributed by atoms with Crippen molar-refractivity contribution < 1.29 is 19.0 Å². The summed E-state index contributed by atoms with van der Waals surface area (Å²) in [4.78, 5) is 24.5. The molecule has 28 heavy (non-hydrogen) atoms. The van der Waals surface area contributed by atoms with Gasteiger partial charge in [0.2, 0.25) is 0 Å². The van der Waals surface area contributed by atoms with Crippen molar-refractivity contribution in [3.05, 3.63) is 47.2 Å². The lowest BCUT2D eigenvalue weighted by molar-refractivity contribution is 0.0366. The van der Waals surface area contributed by atoms with Crippen LogP contribution in [0.3, 0.4) is 0 Å². The van der Waals surface area contributed by atoms with Crippen molar-refractivity contribution >= 4 is 39.1 Å². The number of carbonyl (C=O) groups is 1. The largest absolute Gasteiger partial charge is 0.458 e. The molecule has 1 aromatic carbocycles. The van der Waals surface area contributed by atoms with Gasteiger partial charge >= 0.3 is 5.97 Å². The highest BCUT2D eigenvalue weighted by atomic mass is 32.1. The normalized spacial score (nSPS) is 11.4. The average Bonchev–Trinajstić information content (AvgIpc) is 3.29. The number of rotatable bonds is 6. The Morgan fingerprint density at radius 2 is 2.07 bits per heavy atom. The lowest BCUT2D eigenvalue weighted by atomic mass is 10.0. The van der Waals surface area contributed by atoms with Crippen molar-refractivity contribution in [2.24, 2.45) is 0 Å². The monoisotopic (exact) mass is 397 g/mol. The molecule has 144 valence electrons. The predicted molar refractivity (Wildman–Crippen MR) is 107 cm³/mol. The van der Waals surface area contributed by atoms with E-state index in [2.05, 4.69) is 15.0 Å². The lowest BCUT2D eigenvalue weighted by Gasteiger charge is -2.12. The molecule has 8 heteroatoms. The summed E-state index contributed by atoms with van der Waals surface area (Å²) in [5.74, 6) is 0.169. The zero-order valence-corrected chi connectivity index (χ0v) is 16.5. The van der Waals surface area contributed by atoms with Gasteiger partial charge in [0.05, 0.1) is 35.3 Å². The van der Waals surface area contributed by atoms with Crippen molar-refractivity contribution in [3.8, 4) is 10.9 Å². The zero-order valence-electron chi connectivity index (χ0n) is 15.7. The second-order valence-corrected chi connectivity index (χ2v) is 7.32. The Balaban J connectivity index is 1.96. The van der Waals surface area contributed by atoms with Crippen LogP contribution in [0.25, 0.3) is 21.8 Å². The molecule has 0 saturated carbocycles. The molecular formula is C20H19N3O4S. The summed E-state index contributed by atoms with van der Waals surface area (Å²) in [6.45, 7) is 3.82. The van der Waals surface area contributed by atoms with Crippen LogP contribution in [0.5, 0.6) is 10.9 Å². The smallest absolute Gasteiger partial charge is 0.357 e. The zero-order chi connectivity index (χ0) is 19.7. The number of ether oxygens (including phenoxy) is 3. The fraction of sp³-hybridized carbons (Fsp3) is 0.250. The van der Waals surface area contributed by atoms with E-state index in [4.69, 9.17) is 14.2 Å². The summed E-state index contributed by atoms with van der Waals surface area (Å²) < 4.78 is 16.8. The minimum atomic E-state index is -0.475. The fourth-order valence-electron chi connectivity index (χ4n) is 3.14. The Morgan fingerprint density at radius 3 is 2.79 bits per heavy atom. The highest BCUT2D eigenvalue weighted by Gasteiger charge is 2.23. The quantitative estimate of drug-likeness (QED) is 0.476. The third-order valence-electron chi connectivity index (χ3n) is 4.16. The van der Waals surface area contributed by atoms with E-state index in [-0.39, 0.29) is 18.4 Å². The molecule has 1 N–H and O–H groups in total. The van der Waals surface area contributed by atoms with Crippen LogP contribution in [0.1, 0.15) is 29.9 Å². The van der Waals surface area contributed by atoms with E-state index >= 15 is 0 Å². The minimum Gasteiger partial charge on any atom is -0.458 e. The first-order valence-corrected chi connectivity index (χ1v) is 9.66. The van der Waals surface area contributed by atoms with E-state index in [1.54, 1.807) is 33.4 Å². The third-order valence-corrected chi connectivity index (χ3v) is 4.81. The van der Waals surface area contributed by atoms with Crippen LogP contribution >= 0.6 is 11.3 Å². The molecule has 0 aliphatic rings. The molecule has 3 heterocycles. The predicted octanol–water partition coefficient (Wildman–Crippen LogP) is 4.68. The molecule has 4 rings (SSSR count). The van der Waals surface area contributed by atoms with Crippen LogP contribution in [-0.2, 0) is 16.1 Å². The maximum absolute atomic E-state index is 12.6. The Bertz CT molecular complexity index is 1140. The van der Waals surface area contributed by atoms with Gasteiger partial charge in [-0.1, -0.05) is 17.4 Å². The van der Waals surface area contributed by atoms with Crippen molar-refractivity contribution in [3.63, 3.8) is 0 Å². The van der Waals surface area contributed by atoms with Gasteiger partial charge in [-0.3, -0.25) is 0 Å². The molecule has 0 saturated heterocycles. The number of hydrogen-bond donors (Lipinski definition) is 1. The topological polar surface area (TPSA) is 86.3 Å². The number of thiazole rings is 1. The maximum atomic E-state index is 12.6. The van der Waals surface area contributed by atoms with E-state index in [1.165, 1.54) is 11.3 Å². The molecule has 0 amide bonds. The van der Waals surface area contributed by atoms with Gasteiger partial charge in [0.1, 0.15) is 5.75 Å². The van der Waals surface area contributed by atoms with Crippen molar-refractivity contribution in [2.75, 3.05) is 7.11 Å². The summed E-state index contributed by atoms with van der Waals surface area (Å²) in [6.07, 6.45) is 3.08. The van der Waals surface area contributed by atoms with Gasteiger partial charge in [-0.2, -0.15) is 0 Å². The van der Waals surface area contributed by atoms with Gasteiger partial charge in [0, 0.05) is 29.6 Å². The summed E-state index contributed by atoms with van der Waals surface area (Å²) in [7, 11) is 1.58. The molecule has 0 fully saturated rings. The van der Waals surface area contributed by atoms with Crippen LogP contribution in [0.2, 0.25) is 0 Å². The second-order valence-electron chi connectivity index (χ2n) is 6.46. The number of aromatic amines is 1. The Labute approximate surface area is 165 Å². The van der Waals surface area contributed by atoms with Crippen molar-refractivity contribution in [2.45, 2.75) is 26.6 Å². The van der Waals surface area contributed by atoms with E-state index in [9.17, 15) is 4.79 Å². The lowest BCUT2D eigenvalue weighted by Crippen LogP contribution is -2.15. The summed E-state index contributed by atoms with van der Waals surface area (Å²) in [5.41, 5.74) is 2.57. The highest BCUT2D eigenvalue weighted by molar-refractivity contribution is 7.11. The second kappa shape index (κ2) is 7.57. The van der Waals surface area contributed by atoms with E-state index in [1.807, 2.05) is 23.6 Å². The number of benzene rings is 1. The number of esters is 1. The van der Waals surface area contributed by atoms with Gasteiger partial charge in [-0.05, 0) is 26.0 Å². The Hall–Kier alpha value is -2.97. The molecule has 0 aliphatic carbocycles. The molecule has 0 radical (unpaired) electrons. The molecule has 0 unspecified atom stereocenters. The number of carbonyl (C=O) groups excluding carboxylic acids is 1. The number of methoxy groups -OCH3 is 1.